The normalized spacial score (nSPS) is 11.3. The number of aryl methyl sites for hydroxylation is 1. The highest BCUT2D eigenvalue weighted by Gasteiger charge is 2.17. The fourth-order valence-corrected chi connectivity index (χ4v) is 3.31. The zero-order valence-corrected chi connectivity index (χ0v) is 17.4. The van der Waals surface area contributed by atoms with E-state index in [1.807, 2.05) is 13.0 Å². The van der Waals surface area contributed by atoms with Crippen molar-refractivity contribution >= 4 is 45.7 Å². The molecule has 152 valence electrons. The Bertz CT molecular complexity index is 1080. The van der Waals surface area contributed by atoms with Crippen LogP contribution in [0, 0.1) is 0 Å². The lowest BCUT2D eigenvalue weighted by Gasteiger charge is -2.05. The van der Waals surface area contributed by atoms with Crippen molar-refractivity contribution in [1.82, 2.24) is 4.57 Å². The van der Waals surface area contributed by atoms with Gasteiger partial charge in [0.1, 0.15) is 11.5 Å². The maximum absolute atomic E-state index is 12.1. The van der Waals surface area contributed by atoms with Crippen molar-refractivity contribution in [3.8, 4) is 17.4 Å². The maximum Gasteiger partial charge on any atom is 0.302 e. The van der Waals surface area contributed by atoms with Crippen LogP contribution in [0.5, 0.6) is 17.4 Å². The molecule has 0 bridgehead atoms. The van der Waals surface area contributed by atoms with Gasteiger partial charge in [-0.25, -0.2) is 0 Å². The van der Waals surface area contributed by atoms with Gasteiger partial charge in [0.2, 0.25) is 5.88 Å². The van der Waals surface area contributed by atoms with Gasteiger partial charge in [0.15, 0.2) is 12.3 Å². The summed E-state index contributed by atoms with van der Waals surface area (Å²) in [6, 6.07) is 10.0. The van der Waals surface area contributed by atoms with Gasteiger partial charge in [-0.2, -0.15) is 0 Å². The van der Waals surface area contributed by atoms with Crippen molar-refractivity contribution in [3.63, 3.8) is 0 Å². The number of amides is 1. The Morgan fingerprint density at radius 2 is 2.00 bits per heavy atom. The Labute approximate surface area is 177 Å². The van der Waals surface area contributed by atoms with Gasteiger partial charge in [0.25, 0.3) is 0 Å². The highest BCUT2D eigenvalue weighted by atomic mass is 35.5. The topological polar surface area (TPSA) is 85.4 Å². The van der Waals surface area contributed by atoms with Crippen LogP contribution >= 0.6 is 23.2 Å². The van der Waals surface area contributed by atoms with Gasteiger partial charge < -0.3 is 19.1 Å². The second-order valence-electron chi connectivity index (χ2n) is 6.16. The molecular formula is C20H19Cl2N3O4. The first-order valence-electron chi connectivity index (χ1n) is 8.86. The summed E-state index contributed by atoms with van der Waals surface area (Å²) in [6.45, 7) is 2.23. The lowest BCUT2D eigenvalue weighted by molar-refractivity contribution is -0.120. The van der Waals surface area contributed by atoms with Gasteiger partial charge in [-0.3, -0.25) is 4.79 Å². The molecule has 1 amide bonds. The van der Waals surface area contributed by atoms with E-state index in [0.29, 0.717) is 28.5 Å². The molecule has 2 aromatic carbocycles. The molecular weight excluding hydrogens is 417 g/mol. The average molecular weight is 436 g/mol. The molecule has 1 N–H and O–H groups in total. The average Bonchev–Trinajstić information content (AvgIpc) is 2.96. The summed E-state index contributed by atoms with van der Waals surface area (Å²) >= 11 is 11.8. The van der Waals surface area contributed by atoms with Crippen molar-refractivity contribution in [3.05, 3.63) is 46.4 Å². The third-order valence-corrected chi connectivity index (χ3v) is 4.70. The highest BCUT2D eigenvalue weighted by molar-refractivity contribution is 6.35. The molecule has 1 aromatic heterocycles. The van der Waals surface area contributed by atoms with Crippen LogP contribution in [0.1, 0.15) is 13.3 Å². The number of benzene rings is 2. The molecule has 0 aliphatic rings. The summed E-state index contributed by atoms with van der Waals surface area (Å²) < 4.78 is 12.3. The largest absolute Gasteiger partial charge is 0.497 e. The van der Waals surface area contributed by atoms with E-state index in [-0.39, 0.29) is 23.2 Å². The summed E-state index contributed by atoms with van der Waals surface area (Å²) in [5.41, 5.74) is 0.973. The molecule has 0 aliphatic heterocycles. The highest BCUT2D eigenvalue weighted by Crippen LogP contribution is 2.40. The molecule has 0 atom stereocenters. The number of fused-ring (bicyclic) bond motifs is 1. The van der Waals surface area contributed by atoms with Crippen LogP contribution in [0.4, 0.5) is 5.69 Å². The first kappa shape index (κ1) is 21.0. The Balaban J connectivity index is 1.83. The van der Waals surface area contributed by atoms with Crippen molar-refractivity contribution in [2.75, 3.05) is 13.7 Å². The summed E-state index contributed by atoms with van der Waals surface area (Å²) in [6.07, 6.45) is 0.814. The monoisotopic (exact) mass is 435 g/mol. The zero-order chi connectivity index (χ0) is 21.0. The van der Waals surface area contributed by atoms with E-state index in [1.165, 1.54) is 6.07 Å². The smallest absolute Gasteiger partial charge is 0.302 e. The molecule has 0 saturated carbocycles. The molecule has 0 saturated heterocycles. The summed E-state index contributed by atoms with van der Waals surface area (Å²) in [4.78, 5) is 12.1. The Kier molecular flexibility index (Phi) is 6.61. The number of methoxy groups -OCH3 is 1. The van der Waals surface area contributed by atoms with Gasteiger partial charge in [-0.1, -0.05) is 30.1 Å². The number of carbonyl (C=O) groups excluding carboxylic acids is 1. The van der Waals surface area contributed by atoms with Gasteiger partial charge in [-0.15, -0.1) is 10.2 Å². The first-order chi connectivity index (χ1) is 13.9. The number of nitrogens with zero attached hydrogens (tertiary/aromatic N) is 3. The van der Waals surface area contributed by atoms with Crippen molar-refractivity contribution in [2.24, 2.45) is 10.2 Å². The minimum Gasteiger partial charge on any atom is -0.497 e. The van der Waals surface area contributed by atoms with E-state index in [1.54, 1.807) is 35.9 Å². The van der Waals surface area contributed by atoms with Crippen LogP contribution in [-0.4, -0.2) is 29.3 Å². The van der Waals surface area contributed by atoms with Crippen LogP contribution in [-0.2, 0) is 11.3 Å². The Morgan fingerprint density at radius 3 is 2.69 bits per heavy atom. The molecule has 29 heavy (non-hydrogen) atoms. The number of rotatable bonds is 7. The number of azo groups is 1. The number of halogens is 2. The van der Waals surface area contributed by atoms with E-state index >= 15 is 0 Å². The summed E-state index contributed by atoms with van der Waals surface area (Å²) in [5.74, 6) is 0.226. The predicted octanol–water partition coefficient (Wildman–Crippen LogP) is 5.76. The molecule has 1 heterocycles. The quantitative estimate of drug-likeness (QED) is 0.477. The van der Waals surface area contributed by atoms with E-state index in [0.717, 1.165) is 11.9 Å². The first-order valence-corrected chi connectivity index (χ1v) is 9.61. The minimum absolute atomic E-state index is 0.0617. The van der Waals surface area contributed by atoms with Crippen LogP contribution < -0.4 is 9.47 Å². The second kappa shape index (κ2) is 9.15. The fraction of sp³-hybridized carbons (Fsp3) is 0.250. The van der Waals surface area contributed by atoms with Crippen molar-refractivity contribution < 1.29 is 19.4 Å². The zero-order valence-electron chi connectivity index (χ0n) is 15.9. The molecule has 0 radical (unpaired) electrons. The minimum atomic E-state index is -0.630. The van der Waals surface area contributed by atoms with E-state index in [2.05, 4.69) is 10.2 Å². The van der Waals surface area contributed by atoms with Crippen LogP contribution in [0.2, 0.25) is 10.0 Å². The number of ether oxygens (including phenoxy) is 2. The maximum atomic E-state index is 12.1. The molecule has 0 spiro atoms. The van der Waals surface area contributed by atoms with E-state index in [4.69, 9.17) is 32.7 Å². The molecule has 3 rings (SSSR count). The fourth-order valence-electron chi connectivity index (χ4n) is 2.84. The Morgan fingerprint density at radius 1 is 1.21 bits per heavy atom. The molecule has 9 heteroatoms. The van der Waals surface area contributed by atoms with E-state index in [9.17, 15) is 9.90 Å². The van der Waals surface area contributed by atoms with Gasteiger partial charge >= 0.3 is 5.91 Å². The number of aromatic hydroxyl groups is 1. The lowest BCUT2D eigenvalue weighted by Crippen LogP contribution is -2.08. The van der Waals surface area contributed by atoms with Gasteiger partial charge in [0, 0.05) is 17.0 Å². The molecule has 0 unspecified atom stereocenters. The Hall–Kier alpha value is -2.77. The van der Waals surface area contributed by atoms with E-state index < -0.39 is 5.91 Å². The third kappa shape index (κ3) is 4.63. The number of aromatic nitrogens is 1. The lowest BCUT2D eigenvalue weighted by atomic mass is 10.2. The number of hydrogen-bond acceptors (Lipinski definition) is 5. The SMILES string of the molecule is CCCn1c(O)c(N=NC(=O)COc2ccc(Cl)cc2Cl)c2cc(OC)ccc21. The van der Waals surface area contributed by atoms with Crippen molar-refractivity contribution in [2.45, 2.75) is 19.9 Å². The van der Waals surface area contributed by atoms with Crippen molar-refractivity contribution in [1.29, 1.82) is 0 Å². The summed E-state index contributed by atoms with van der Waals surface area (Å²) in [5, 5.41) is 19.6. The molecule has 7 nitrogen and oxygen atoms in total. The van der Waals surface area contributed by atoms with Gasteiger partial charge in [-0.05, 0) is 42.8 Å². The second-order valence-corrected chi connectivity index (χ2v) is 7.01. The standard InChI is InChI=1S/C20H19Cl2N3O4/c1-3-8-25-16-6-5-13(28-2)10-14(16)19(20(25)27)24-23-18(26)11-29-17-7-4-12(21)9-15(17)22/h4-7,9-10,27H,3,8,11H2,1-2H3. The number of hydrogen-bond donors (Lipinski definition) is 1. The summed E-state index contributed by atoms with van der Waals surface area (Å²) in [7, 11) is 1.55. The molecule has 0 fully saturated rings. The predicted molar refractivity (Wildman–Crippen MR) is 112 cm³/mol. The molecule has 0 aliphatic carbocycles. The van der Waals surface area contributed by atoms with Crippen LogP contribution in [0.25, 0.3) is 10.9 Å². The van der Waals surface area contributed by atoms with Gasteiger partial charge in [0.05, 0.1) is 17.6 Å². The third-order valence-electron chi connectivity index (χ3n) is 4.17. The van der Waals surface area contributed by atoms with Crippen LogP contribution in [0.15, 0.2) is 46.6 Å². The number of carbonyl (C=O) groups is 1. The molecule has 3 aromatic rings. The van der Waals surface area contributed by atoms with Crippen LogP contribution in [0.3, 0.4) is 0 Å².